The van der Waals surface area contributed by atoms with E-state index < -0.39 is 0 Å². The summed E-state index contributed by atoms with van der Waals surface area (Å²) in [4.78, 5) is 13.8. The fourth-order valence-corrected chi connectivity index (χ4v) is 1.87. The average Bonchev–Trinajstić information content (AvgIpc) is 2.32. The highest BCUT2D eigenvalue weighted by Crippen LogP contribution is 2.21. The fourth-order valence-electron chi connectivity index (χ4n) is 1.87. The number of hydrogen-bond acceptors (Lipinski definition) is 2. The van der Waals surface area contributed by atoms with E-state index in [4.69, 9.17) is 5.73 Å². The monoisotopic (exact) mass is 252 g/mol. The van der Waals surface area contributed by atoms with Gasteiger partial charge in [-0.15, -0.1) is 0 Å². The number of nitrogens with two attached hydrogens (primary N) is 1. The molecule has 1 amide bonds. The van der Waals surface area contributed by atoms with E-state index in [-0.39, 0.29) is 23.6 Å². The number of aryl methyl sites for hydroxylation is 1. The molecule has 3 nitrogen and oxygen atoms in total. The molecule has 0 aliphatic heterocycles. The summed E-state index contributed by atoms with van der Waals surface area (Å²) in [6, 6.07) is 4.65. The second-order valence-corrected chi connectivity index (χ2v) is 4.92. The first-order valence-corrected chi connectivity index (χ1v) is 6.12. The van der Waals surface area contributed by atoms with Gasteiger partial charge >= 0.3 is 0 Å². The molecular formula is C14H21FN2O. The van der Waals surface area contributed by atoms with Crippen molar-refractivity contribution < 1.29 is 9.18 Å². The van der Waals surface area contributed by atoms with Crippen molar-refractivity contribution >= 4 is 11.6 Å². The maximum Gasteiger partial charge on any atom is 0.231 e. The first kappa shape index (κ1) is 14.6. The second-order valence-electron chi connectivity index (χ2n) is 4.92. The summed E-state index contributed by atoms with van der Waals surface area (Å²) in [6.07, 6.45) is 0. The number of benzene rings is 1. The van der Waals surface area contributed by atoms with E-state index in [1.54, 1.807) is 31.0 Å². The molecule has 0 spiro atoms. The third-order valence-electron chi connectivity index (χ3n) is 3.24. The Morgan fingerprint density at radius 1 is 1.44 bits per heavy atom. The summed E-state index contributed by atoms with van der Waals surface area (Å²) < 4.78 is 13.2. The van der Waals surface area contributed by atoms with Crippen molar-refractivity contribution in [3.63, 3.8) is 0 Å². The van der Waals surface area contributed by atoms with Gasteiger partial charge in [0.05, 0.1) is 5.92 Å². The van der Waals surface area contributed by atoms with Gasteiger partial charge in [-0.1, -0.05) is 13.8 Å². The minimum Gasteiger partial charge on any atom is -0.330 e. The van der Waals surface area contributed by atoms with Crippen LogP contribution in [0.25, 0.3) is 0 Å². The summed E-state index contributed by atoms with van der Waals surface area (Å²) in [5.41, 5.74) is 6.86. The second kappa shape index (κ2) is 5.96. The van der Waals surface area contributed by atoms with Crippen LogP contribution in [0.5, 0.6) is 0 Å². The topological polar surface area (TPSA) is 46.3 Å². The predicted molar refractivity (Wildman–Crippen MR) is 71.9 cm³/mol. The maximum atomic E-state index is 13.2. The normalized spacial score (nSPS) is 12.6. The van der Waals surface area contributed by atoms with Crippen LogP contribution in [0.1, 0.15) is 19.4 Å². The molecule has 1 aromatic carbocycles. The number of carbonyl (C=O) groups excluding carboxylic acids is 1. The quantitative estimate of drug-likeness (QED) is 0.894. The van der Waals surface area contributed by atoms with E-state index in [2.05, 4.69) is 0 Å². The molecule has 0 bridgehead atoms. The number of halogens is 1. The van der Waals surface area contributed by atoms with Crippen molar-refractivity contribution in [1.29, 1.82) is 0 Å². The van der Waals surface area contributed by atoms with Crippen molar-refractivity contribution in [3.05, 3.63) is 29.6 Å². The Balaban J connectivity index is 2.95. The average molecular weight is 252 g/mol. The van der Waals surface area contributed by atoms with Crippen LogP contribution in [0.15, 0.2) is 18.2 Å². The molecule has 4 heteroatoms. The summed E-state index contributed by atoms with van der Waals surface area (Å²) in [5, 5.41) is 0. The first-order valence-electron chi connectivity index (χ1n) is 6.12. The van der Waals surface area contributed by atoms with Gasteiger partial charge < -0.3 is 10.6 Å². The van der Waals surface area contributed by atoms with E-state index >= 15 is 0 Å². The van der Waals surface area contributed by atoms with Crippen LogP contribution in [0, 0.1) is 24.6 Å². The maximum absolute atomic E-state index is 13.2. The first-order chi connectivity index (χ1) is 8.38. The van der Waals surface area contributed by atoms with E-state index in [9.17, 15) is 9.18 Å². The zero-order valence-electron chi connectivity index (χ0n) is 11.4. The number of hydrogen-bond donors (Lipinski definition) is 1. The van der Waals surface area contributed by atoms with Gasteiger partial charge in [0.2, 0.25) is 5.91 Å². The molecule has 1 atom stereocenters. The van der Waals surface area contributed by atoms with Gasteiger partial charge in [0, 0.05) is 19.3 Å². The molecule has 1 aromatic rings. The summed E-state index contributed by atoms with van der Waals surface area (Å²) in [6.45, 7) is 5.94. The van der Waals surface area contributed by atoms with Crippen LogP contribution >= 0.6 is 0 Å². The lowest BCUT2D eigenvalue weighted by Gasteiger charge is -2.25. The molecule has 1 unspecified atom stereocenters. The van der Waals surface area contributed by atoms with Crippen LogP contribution in [-0.4, -0.2) is 19.5 Å². The number of carbonyl (C=O) groups is 1. The number of amides is 1. The highest BCUT2D eigenvalue weighted by molar-refractivity contribution is 5.94. The third kappa shape index (κ3) is 3.07. The minimum absolute atomic E-state index is 0.0292. The van der Waals surface area contributed by atoms with E-state index in [0.717, 1.165) is 0 Å². The lowest BCUT2D eigenvalue weighted by Crippen LogP contribution is -2.39. The molecule has 0 fully saturated rings. The predicted octanol–water partition coefficient (Wildman–Crippen LogP) is 2.33. The molecule has 0 aliphatic rings. The highest BCUT2D eigenvalue weighted by Gasteiger charge is 2.24. The molecule has 0 heterocycles. The third-order valence-corrected chi connectivity index (χ3v) is 3.24. The SMILES string of the molecule is Cc1cc(N(C)C(=O)C(CN)C(C)C)ccc1F. The van der Waals surface area contributed by atoms with E-state index in [0.29, 0.717) is 17.8 Å². The Morgan fingerprint density at radius 3 is 2.50 bits per heavy atom. The van der Waals surface area contributed by atoms with Gasteiger partial charge in [0.25, 0.3) is 0 Å². The molecule has 100 valence electrons. The molecule has 0 radical (unpaired) electrons. The van der Waals surface area contributed by atoms with Gasteiger partial charge in [-0.25, -0.2) is 4.39 Å². The van der Waals surface area contributed by atoms with Crippen molar-refractivity contribution in [3.8, 4) is 0 Å². The Kier molecular flexibility index (Phi) is 4.84. The van der Waals surface area contributed by atoms with Crippen LogP contribution in [-0.2, 0) is 4.79 Å². The Labute approximate surface area is 108 Å². The Hall–Kier alpha value is -1.42. The van der Waals surface area contributed by atoms with Crippen LogP contribution in [0.2, 0.25) is 0 Å². The van der Waals surface area contributed by atoms with Crippen LogP contribution in [0.3, 0.4) is 0 Å². The fraction of sp³-hybridized carbons (Fsp3) is 0.500. The molecular weight excluding hydrogens is 231 g/mol. The summed E-state index contributed by atoms with van der Waals surface area (Å²) in [7, 11) is 1.69. The minimum atomic E-state index is -0.265. The molecule has 0 aliphatic carbocycles. The molecule has 2 N–H and O–H groups in total. The van der Waals surface area contributed by atoms with E-state index in [1.807, 2.05) is 13.8 Å². The van der Waals surface area contributed by atoms with Gasteiger partial charge in [0.15, 0.2) is 0 Å². The van der Waals surface area contributed by atoms with Crippen LogP contribution in [0.4, 0.5) is 10.1 Å². The standard InChI is InChI=1S/C14H21FN2O/c1-9(2)12(8-16)14(18)17(4)11-5-6-13(15)10(3)7-11/h5-7,9,12H,8,16H2,1-4H3. The summed E-state index contributed by atoms with van der Waals surface area (Å²) >= 11 is 0. The van der Waals surface area contributed by atoms with Gasteiger partial charge in [-0.3, -0.25) is 4.79 Å². The lowest BCUT2D eigenvalue weighted by molar-refractivity contribution is -0.123. The van der Waals surface area contributed by atoms with Gasteiger partial charge in [-0.05, 0) is 36.6 Å². The van der Waals surface area contributed by atoms with Crippen molar-refractivity contribution in [2.24, 2.45) is 17.6 Å². The van der Waals surface area contributed by atoms with Crippen LogP contribution < -0.4 is 10.6 Å². The highest BCUT2D eigenvalue weighted by atomic mass is 19.1. The van der Waals surface area contributed by atoms with E-state index in [1.165, 1.54) is 6.07 Å². The molecule has 1 rings (SSSR count). The molecule has 18 heavy (non-hydrogen) atoms. The molecule has 0 aromatic heterocycles. The molecule has 0 saturated carbocycles. The summed E-state index contributed by atoms with van der Waals surface area (Å²) in [5.74, 6) is -0.316. The molecule has 0 saturated heterocycles. The largest absolute Gasteiger partial charge is 0.330 e. The number of nitrogens with zero attached hydrogens (tertiary/aromatic N) is 1. The zero-order chi connectivity index (χ0) is 13.9. The zero-order valence-corrected chi connectivity index (χ0v) is 11.4. The smallest absolute Gasteiger partial charge is 0.231 e. The Bertz CT molecular complexity index is 432. The number of anilines is 1. The van der Waals surface area contributed by atoms with Gasteiger partial charge in [0.1, 0.15) is 5.82 Å². The van der Waals surface area contributed by atoms with Crippen molar-refractivity contribution in [2.45, 2.75) is 20.8 Å². The van der Waals surface area contributed by atoms with Crippen molar-refractivity contribution in [2.75, 3.05) is 18.5 Å². The van der Waals surface area contributed by atoms with Gasteiger partial charge in [-0.2, -0.15) is 0 Å². The Morgan fingerprint density at radius 2 is 2.06 bits per heavy atom. The lowest BCUT2D eigenvalue weighted by atomic mass is 9.94. The number of rotatable bonds is 4. The van der Waals surface area contributed by atoms with Crippen molar-refractivity contribution in [1.82, 2.24) is 0 Å².